The highest BCUT2D eigenvalue weighted by atomic mass is 35.5. The van der Waals surface area contributed by atoms with E-state index in [4.69, 9.17) is 17.3 Å². The molecule has 1 aromatic rings. The van der Waals surface area contributed by atoms with E-state index in [1.165, 1.54) is 18.2 Å². The normalized spacial score (nSPS) is 13.8. The van der Waals surface area contributed by atoms with Gasteiger partial charge in [0.25, 0.3) is 0 Å². The van der Waals surface area contributed by atoms with Gasteiger partial charge < -0.3 is 10.8 Å². The van der Waals surface area contributed by atoms with Crippen LogP contribution in [0.1, 0.15) is 13.8 Å². The van der Waals surface area contributed by atoms with Crippen LogP contribution in [0.3, 0.4) is 0 Å². The van der Waals surface area contributed by atoms with Gasteiger partial charge in [0.15, 0.2) is 0 Å². The molecule has 0 amide bonds. The third-order valence-corrected chi connectivity index (χ3v) is 4.40. The molecule has 0 aliphatic rings. The van der Waals surface area contributed by atoms with Crippen molar-refractivity contribution in [2.45, 2.75) is 24.8 Å². The van der Waals surface area contributed by atoms with Crippen LogP contribution in [0.4, 0.5) is 5.69 Å². The van der Waals surface area contributed by atoms with Gasteiger partial charge in [0.05, 0.1) is 11.1 Å². The first-order valence-corrected chi connectivity index (χ1v) is 7.33. The largest absolute Gasteiger partial charge is 0.399 e. The summed E-state index contributed by atoms with van der Waals surface area (Å²) in [4.78, 5) is -0.0832. The first-order chi connectivity index (χ1) is 8.24. The maximum absolute atomic E-state index is 12.0. The van der Waals surface area contributed by atoms with Crippen molar-refractivity contribution < 1.29 is 13.5 Å². The highest BCUT2D eigenvalue weighted by Crippen LogP contribution is 2.23. The van der Waals surface area contributed by atoms with E-state index in [2.05, 4.69) is 4.72 Å². The Morgan fingerprint density at radius 3 is 2.61 bits per heavy atom. The molecule has 1 unspecified atom stereocenters. The standard InChI is InChI=1S/C11H17ClN2O3S/c1-7(2)10(15)6-14-18(16,17)11-5-8(13)3-4-9(11)12/h3-5,7,10,14-15H,6,13H2,1-2H3. The molecule has 1 aromatic carbocycles. The molecule has 1 atom stereocenters. The number of anilines is 1. The molecule has 1 rings (SSSR count). The van der Waals surface area contributed by atoms with E-state index in [0.29, 0.717) is 5.69 Å². The van der Waals surface area contributed by atoms with E-state index < -0.39 is 16.1 Å². The van der Waals surface area contributed by atoms with Crippen molar-refractivity contribution in [3.63, 3.8) is 0 Å². The van der Waals surface area contributed by atoms with Gasteiger partial charge in [-0.15, -0.1) is 0 Å². The second-order valence-corrected chi connectivity index (χ2v) is 6.50. The van der Waals surface area contributed by atoms with E-state index in [9.17, 15) is 13.5 Å². The predicted molar refractivity (Wildman–Crippen MR) is 71.9 cm³/mol. The Balaban J connectivity index is 2.90. The second kappa shape index (κ2) is 5.88. The Morgan fingerprint density at radius 2 is 2.06 bits per heavy atom. The summed E-state index contributed by atoms with van der Waals surface area (Å²) in [6, 6.07) is 4.22. The van der Waals surface area contributed by atoms with Crippen molar-refractivity contribution in [3.8, 4) is 0 Å². The molecule has 5 nitrogen and oxygen atoms in total. The number of halogens is 1. The highest BCUT2D eigenvalue weighted by Gasteiger charge is 2.20. The van der Waals surface area contributed by atoms with Crippen molar-refractivity contribution in [3.05, 3.63) is 23.2 Å². The van der Waals surface area contributed by atoms with Crippen molar-refractivity contribution in [1.82, 2.24) is 4.72 Å². The molecule has 0 aliphatic carbocycles. The van der Waals surface area contributed by atoms with E-state index in [1.807, 2.05) is 0 Å². The Morgan fingerprint density at radius 1 is 1.44 bits per heavy atom. The van der Waals surface area contributed by atoms with Crippen LogP contribution in [-0.4, -0.2) is 26.2 Å². The first kappa shape index (κ1) is 15.2. The number of aliphatic hydroxyl groups excluding tert-OH is 1. The highest BCUT2D eigenvalue weighted by molar-refractivity contribution is 7.89. The van der Waals surface area contributed by atoms with Crippen LogP contribution in [0.2, 0.25) is 5.02 Å². The van der Waals surface area contributed by atoms with E-state index in [-0.39, 0.29) is 22.4 Å². The average molecular weight is 293 g/mol. The van der Waals surface area contributed by atoms with Gasteiger partial charge in [0.1, 0.15) is 4.90 Å². The lowest BCUT2D eigenvalue weighted by Gasteiger charge is -2.15. The minimum atomic E-state index is -3.76. The predicted octanol–water partition coefficient (Wildman–Crippen LogP) is 1.22. The summed E-state index contributed by atoms with van der Waals surface area (Å²) < 4.78 is 26.2. The van der Waals surface area contributed by atoms with Crippen LogP contribution < -0.4 is 10.5 Å². The summed E-state index contributed by atoms with van der Waals surface area (Å²) in [6.07, 6.45) is -0.750. The fourth-order valence-corrected chi connectivity index (χ4v) is 2.82. The lowest BCUT2D eigenvalue weighted by molar-refractivity contribution is 0.129. The summed E-state index contributed by atoms with van der Waals surface area (Å²) >= 11 is 5.82. The molecule has 0 heterocycles. The summed E-state index contributed by atoms with van der Waals surface area (Å²) in [5.74, 6) is -0.0379. The third-order valence-electron chi connectivity index (χ3n) is 2.50. The topological polar surface area (TPSA) is 92.4 Å². The van der Waals surface area contributed by atoms with Gasteiger partial charge in [0, 0.05) is 12.2 Å². The molecule has 4 N–H and O–H groups in total. The molecule has 0 saturated carbocycles. The molecule has 0 bridgehead atoms. The number of nitrogens with one attached hydrogen (secondary N) is 1. The van der Waals surface area contributed by atoms with Crippen molar-refractivity contribution >= 4 is 27.3 Å². The molecule has 7 heteroatoms. The molecule has 0 aliphatic heterocycles. The molecule has 0 saturated heterocycles. The molecule has 0 fully saturated rings. The quantitative estimate of drug-likeness (QED) is 0.712. The number of benzene rings is 1. The number of hydrogen-bond donors (Lipinski definition) is 3. The number of rotatable bonds is 5. The monoisotopic (exact) mass is 292 g/mol. The van der Waals surface area contributed by atoms with Crippen molar-refractivity contribution in [2.75, 3.05) is 12.3 Å². The Hall–Kier alpha value is -0.820. The number of aliphatic hydroxyl groups is 1. The summed E-state index contributed by atoms with van der Waals surface area (Å²) in [6.45, 7) is 3.53. The van der Waals surface area contributed by atoms with Gasteiger partial charge in [-0.2, -0.15) is 0 Å². The molecule has 0 radical (unpaired) electrons. The van der Waals surface area contributed by atoms with Crippen LogP contribution in [0.15, 0.2) is 23.1 Å². The molecule has 102 valence electrons. The summed E-state index contributed by atoms with van der Waals surface area (Å²) in [5, 5.41) is 9.67. The zero-order valence-electron chi connectivity index (χ0n) is 10.2. The number of nitrogen functional groups attached to an aromatic ring is 1. The van der Waals surface area contributed by atoms with Crippen molar-refractivity contribution in [1.29, 1.82) is 0 Å². The molecular weight excluding hydrogens is 276 g/mol. The maximum atomic E-state index is 12.0. The number of hydrogen-bond acceptors (Lipinski definition) is 4. The van der Waals surface area contributed by atoms with Gasteiger partial charge >= 0.3 is 0 Å². The Bertz CT molecular complexity index is 517. The first-order valence-electron chi connectivity index (χ1n) is 5.47. The fourth-order valence-electron chi connectivity index (χ4n) is 1.23. The van der Waals surface area contributed by atoms with Gasteiger partial charge in [0.2, 0.25) is 10.0 Å². The lowest BCUT2D eigenvalue weighted by atomic mass is 10.1. The number of sulfonamides is 1. The SMILES string of the molecule is CC(C)C(O)CNS(=O)(=O)c1cc(N)ccc1Cl. The molecule has 0 spiro atoms. The Kier molecular flexibility index (Phi) is 4.98. The maximum Gasteiger partial charge on any atom is 0.242 e. The van der Waals surface area contributed by atoms with Gasteiger partial charge in [-0.1, -0.05) is 25.4 Å². The van der Waals surface area contributed by atoms with Gasteiger partial charge in [-0.25, -0.2) is 13.1 Å². The van der Waals surface area contributed by atoms with Crippen LogP contribution in [0.5, 0.6) is 0 Å². The van der Waals surface area contributed by atoms with E-state index >= 15 is 0 Å². The van der Waals surface area contributed by atoms with Crippen LogP contribution in [-0.2, 0) is 10.0 Å². The second-order valence-electron chi connectivity index (χ2n) is 4.35. The van der Waals surface area contributed by atoms with Gasteiger partial charge in [-0.05, 0) is 24.1 Å². The summed E-state index contributed by atoms with van der Waals surface area (Å²) in [5.41, 5.74) is 5.84. The average Bonchev–Trinajstić information content (AvgIpc) is 2.29. The van der Waals surface area contributed by atoms with E-state index in [1.54, 1.807) is 13.8 Å². The lowest BCUT2D eigenvalue weighted by Crippen LogP contribution is -2.34. The van der Waals surface area contributed by atoms with Crippen molar-refractivity contribution in [2.24, 2.45) is 5.92 Å². The fraction of sp³-hybridized carbons (Fsp3) is 0.455. The number of nitrogens with two attached hydrogens (primary N) is 1. The zero-order valence-corrected chi connectivity index (χ0v) is 11.8. The smallest absolute Gasteiger partial charge is 0.242 e. The van der Waals surface area contributed by atoms with Crippen LogP contribution in [0, 0.1) is 5.92 Å². The Labute approximate surface area is 112 Å². The zero-order chi connectivity index (χ0) is 13.9. The minimum absolute atomic E-state index is 0.0379. The van der Waals surface area contributed by atoms with E-state index in [0.717, 1.165) is 0 Å². The van der Waals surface area contributed by atoms with Crippen LogP contribution in [0.25, 0.3) is 0 Å². The summed E-state index contributed by atoms with van der Waals surface area (Å²) in [7, 11) is -3.76. The minimum Gasteiger partial charge on any atom is -0.399 e. The van der Waals surface area contributed by atoms with Crippen LogP contribution >= 0.6 is 11.6 Å². The molecular formula is C11H17ClN2O3S. The van der Waals surface area contributed by atoms with Gasteiger partial charge in [-0.3, -0.25) is 0 Å². The molecule has 0 aromatic heterocycles. The molecule has 18 heavy (non-hydrogen) atoms. The third kappa shape index (κ3) is 3.84.